The van der Waals surface area contributed by atoms with E-state index < -0.39 is 12.0 Å². The summed E-state index contributed by atoms with van der Waals surface area (Å²) in [6.45, 7) is 6.99. The minimum absolute atomic E-state index is 0.322. The Morgan fingerprint density at radius 2 is 2.15 bits per heavy atom. The van der Waals surface area contributed by atoms with E-state index in [9.17, 15) is 14.7 Å². The third-order valence-electron chi connectivity index (χ3n) is 2.83. The lowest BCUT2D eigenvalue weighted by molar-refractivity contribution is -0.139. The number of rotatable bonds is 6. The van der Waals surface area contributed by atoms with Crippen LogP contribution in [0.25, 0.3) is 0 Å². The molecule has 2 amide bonds. The summed E-state index contributed by atoms with van der Waals surface area (Å²) in [5, 5.41) is 15.7. The van der Waals surface area contributed by atoms with Crippen molar-refractivity contribution in [3.63, 3.8) is 0 Å². The molecule has 1 aromatic heterocycles. The fourth-order valence-electron chi connectivity index (χ4n) is 1.89. The van der Waals surface area contributed by atoms with Gasteiger partial charge in [0.2, 0.25) is 0 Å². The van der Waals surface area contributed by atoms with Crippen LogP contribution in [0.4, 0.5) is 4.79 Å². The van der Waals surface area contributed by atoms with Gasteiger partial charge in [-0.1, -0.05) is 13.8 Å². The number of carboxylic acid groups (broad SMARTS) is 1. The summed E-state index contributed by atoms with van der Waals surface area (Å²) in [6, 6.07) is -1.46. The molecule has 0 bridgehead atoms. The zero-order chi connectivity index (χ0) is 15.3. The number of nitrogens with zero attached hydrogens (tertiary/aromatic N) is 3. The molecule has 1 rings (SSSR count). The minimum atomic E-state index is -1.10. The molecular weight excluding hydrogens is 260 g/mol. The second-order valence-electron chi connectivity index (χ2n) is 5.10. The van der Waals surface area contributed by atoms with Crippen LogP contribution in [0.3, 0.4) is 0 Å². The lowest BCUT2D eigenvalue weighted by Crippen LogP contribution is -2.45. The Hall–Kier alpha value is -2.05. The molecule has 2 N–H and O–H groups in total. The van der Waals surface area contributed by atoms with Crippen LogP contribution >= 0.6 is 0 Å². The van der Waals surface area contributed by atoms with Gasteiger partial charge in [0.25, 0.3) is 0 Å². The number of carbonyl (C=O) groups is 2. The number of amides is 2. The van der Waals surface area contributed by atoms with Crippen molar-refractivity contribution in [2.75, 3.05) is 13.1 Å². The maximum Gasteiger partial charge on any atom is 0.331 e. The molecule has 112 valence electrons. The van der Waals surface area contributed by atoms with Crippen LogP contribution in [0, 0.1) is 5.92 Å². The molecule has 0 aromatic carbocycles. The molecule has 20 heavy (non-hydrogen) atoms. The fourth-order valence-corrected chi connectivity index (χ4v) is 1.89. The SMILES string of the molecule is CCN(CC(C)C)C(=O)NC(C(=O)O)c1cnn(C)c1. The maximum absolute atomic E-state index is 12.1. The van der Waals surface area contributed by atoms with E-state index in [-0.39, 0.29) is 6.03 Å². The quantitative estimate of drug-likeness (QED) is 0.821. The predicted molar refractivity (Wildman–Crippen MR) is 74.2 cm³/mol. The number of hydrogen-bond acceptors (Lipinski definition) is 3. The smallest absolute Gasteiger partial charge is 0.331 e. The molecule has 0 fully saturated rings. The van der Waals surface area contributed by atoms with E-state index in [1.807, 2.05) is 20.8 Å². The first-order chi connectivity index (χ1) is 9.35. The summed E-state index contributed by atoms with van der Waals surface area (Å²) in [5.74, 6) is -0.783. The molecule has 0 aliphatic rings. The molecule has 1 unspecified atom stereocenters. The largest absolute Gasteiger partial charge is 0.479 e. The van der Waals surface area contributed by atoms with Crippen LogP contribution in [-0.2, 0) is 11.8 Å². The monoisotopic (exact) mass is 282 g/mol. The molecule has 0 saturated carbocycles. The van der Waals surface area contributed by atoms with Gasteiger partial charge in [0.05, 0.1) is 6.20 Å². The second kappa shape index (κ2) is 6.93. The van der Waals surface area contributed by atoms with Crippen LogP contribution in [0.1, 0.15) is 32.4 Å². The Morgan fingerprint density at radius 3 is 2.55 bits per heavy atom. The first kappa shape index (κ1) is 16.0. The van der Waals surface area contributed by atoms with Crippen molar-refractivity contribution in [2.45, 2.75) is 26.8 Å². The lowest BCUT2D eigenvalue weighted by Gasteiger charge is -2.25. The number of carboxylic acids is 1. The molecule has 0 aliphatic carbocycles. The molecule has 1 heterocycles. The van der Waals surface area contributed by atoms with E-state index in [1.165, 1.54) is 10.9 Å². The number of hydrogen-bond donors (Lipinski definition) is 2. The fraction of sp³-hybridized carbons (Fsp3) is 0.615. The highest BCUT2D eigenvalue weighted by Crippen LogP contribution is 2.13. The molecule has 7 nitrogen and oxygen atoms in total. The summed E-state index contributed by atoms with van der Waals surface area (Å²) in [7, 11) is 1.70. The van der Waals surface area contributed by atoms with E-state index in [0.717, 1.165) is 0 Å². The second-order valence-corrected chi connectivity index (χ2v) is 5.10. The molecule has 1 aromatic rings. The van der Waals surface area contributed by atoms with E-state index in [1.54, 1.807) is 18.1 Å². The van der Waals surface area contributed by atoms with E-state index in [4.69, 9.17) is 0 Å². The topological polar surface area (TPSA) is 87.5 Å². The van der Waals surface area contributed by atoms with Gasteiger partial charge in [0.1, 0.15) is 0 Å². The third kappa shape index (κ3) is 4.25. The average Bonchev–Trinajstić information content (AvgIpc) is 2.78. The van der Waals surface area contributed by atoms with Crippen molar-refractivity contribution in [1.29, 1.82) is 0 Å². The van der Waals surface area contributed by atoms with Gasteiger partial charge in [-0.2, -0.15) is 5.10 Å². The Labute approximate surface area is 118 Å². The van der Waals surface area contributed by atoms with Gasteiger partial charge < -0.3 is 15.3 Å². The van der Waals surface area contributed by atoms with Gasteiger partial charge >= 0.3 is 12.0 Å². The van der Waals surface area contributed by atoms with Gasteiger partial charge in [-0.05, 0) is 12.8 Å². The molecule has 0 spiro atoms. The van der Waals surface area contributed by atoms with E-state index in [2.05, 4.69) is 10.4 Å². The summed E-state index contributed by atoms with van der Waals surface area (Å²) in [4.78, 5) is 25.0. The normalized spacial score (nSPS) is 12.2. The van der Waals surface area contributed by atoms with Crippen LogP contribution in [0.2, 0.25) is 0 Å². The number of carbonyl (C=O) groups excluding carboxylic acids is 1. The van der Waals surface area contributed by atoms with Gasteiger partial charge in [0.15, 0.2) is 6.04 Å². The van der Waals surface area contributed by atoms with Gasteiger partial charge in [-0.15, -0.1) is 0 Å². The number of aromatic nitrogens is 2. The number of nitrogens with one attached hydrogen (secondary N) is 1. The number of aryl methyl sites for hydroxylation is 1. The zero-order valence-corrected chi connectivity index (χ0v) is 12.3. The molecule has 7 heteroatoms. The van der Waals surface area contributed by atoms with Crippen LogP contribution in [0.5, 0.6) is 0 Å². The Morgan fingerprint density at radius 1 is 1.50 bits per heavy atom. The van der Waals surface area contributed by atoms with Gasteiger partial charge in [-0.25, -0.2) is 9.59 Å². The van der Waals surface area contributed by atoms with Gasteiger partial charge in [0, 0.05) is 31.9 Å². The van der Waals surface area contributed by atoms with Crippen LogP contribution < -0.4 is 5.32 Å². The zero-order valence-electron chi connectivity index (χ0n) is 12.3. The Balaban J connectivity index is 2.80. The highest BCUT2D eigenvalue weighted by atomic mass is 16.4. The Bertz CT molecular complexity index is 470. The van der Waals surface area contributed by atoms with E-state index in [0.29, 0.717) is 24.6 Å². The summed E-state index contributed by atoms with van der Waals surface area (Å²) < 4.78 is 1.50. The highest BCUT2D eigenvalue weighted by Gasteiger charge is 2.25. The summed E-state index contributed by atoms with van der Waals surface area (Å²) in [5.41, 5.74) is 0.453. The molecule has 1 atom stereocenters. The van der Waals surface area contributed by atoms with Gasteiger partial charge in [-0.3, -0.25) is 4.68 Å². The molecule has 0 saturated heterocycles. The summed E-state index contributed by atoms with van der Waals surface area (Å²) in [6.07, 6.45) is 3.02. The van der Waals surface area contributed by atoms with Crippen molar-refractivity contribution in [3.05, 3.63) is 18.0 Å². The first-order valence-corrected chi connectivity index (χ1v) is 6.61. The number of urea groups is 1. The van der Waals surface area contributed by atoms with Crippen molar-refractivity contribution < 1.29 is 14.7 Å². The van der Waals surface area contributed by atoms with E-state index >= 15 is 0 Å². The van der Waals surface area contributed by atoms with Crippen molar-refractivity contribution >= 4 is 12.0 Å². The lowest BCUT2D eigenvalue weighted by atomic mass is 10.1. The average molecular weight is 282 g/mol. The van der Waals surface area contributed by atoms with Crippen molar-refractivity contribution in [1.82, 2.24) is 20.0 Å². The number of aliphatic carboxylic acids is 1. The van der Waals surface area contributed by atoms with Crippen LogP contribution in [-0.4, -0.2) is 44.9 Å². The highest BCUT2D eigenvalue weighted by molar-refractivity contribution is 5.83. The maximum atomic E-state index is 12.1. The van der Waals surface area contributed by atoms with Crippen LogP contribution in [0.15, 0.2) is 12.4 Å². The molecule has 0 radical (unpaired) electrons. The molecular formula is C13H22N4O3. The third-order valence-corrected chi connectivity index (χ3v) is 2.83. The summed E-state index contributed by atoms with van der Waals surface area (Å²) >= 11 is 0. The predicted octanol–water partition coefficient (Wildman–Crippen LogP) is 1.23. The van der Waals surface area contributed by atoms with Crippen molar-refractivity contribution in [2.24, 2.45) is 13.0 Å². The Kier molecular flexibility index (Phi) is 5.54. The molecule has 0 aliphatic heterocycles. The minimum Gasteiger partial charge on any atom is -0.479 e. The van der Waals surface area contributed by atoms with Crippen molar-refractivity contribution in [3.8, 4) is 0 Å². The standard InChI is InChI=1S/C13H22N4O3/c1-5-17(7-9(2)3)13(20)15-11(12(18)19)10-6-14-16(4)8-10/h6,8-9,11H,5,7H2,1-4H3,(H,15,20)(H,18,19). The first-order valence-electron chi connectivity index (χ1n) is 6.61.